The third-order valence-electron chi connectivity index (χ3n) is 2.26. The van der Waals surface area contributed by atoms with Gasteiger partial charge < -0.3 is 10.6 Å². The third-order valence-corrected chi connectivity index (χ3v) is 3.08. The zero-order valence-electron chi connectivity index (χ0n) is 11.4. The lowest BCUT2D eigenvalue weighted by atomic mass is 10.1. The number of aromatic nitrogens is 3. The number of anilines is 3. The van der Waals surface area contributed by atoms with Crippen LogP contribution in [0.4, 0.5) is 17.5 Å². The molecular formula is C13H15Cl2N5. The van der Waals surface area contributed by atoms with Crippen molar-refractivity contribution in [2.75, 3.05) is 10.6 Å². The van der Waals surface area contributed by atoms with Crippen molar-refractivity contribution in [3.05, 3.63) is 34.4 Å². The molecule has 0 saturated carbocycles. The first kappa shape index (κ1) is 14.8. The molecule has 0 aliphatic heterocycles. The molecule has 0 radical (unpaired) electrons. The highest BCUT2D eigenvalue weighted by atomic mass is 35.5. The lowest BCUT2D eigenvalue weighted by Crippen LogP contribution is -2.27. The Morgan fingerprint density at radius 2 is 1.90 bits per heavy atom. The van der Waals surface area contributed by atoms with Gasteiger partial charge in [-0.2, -0.15) is 10.1 Å². The highest BCUT2D eigenvalue weighted by Crippen LogP contribution is 2.31. The van der Waals surface area contributed by atoms with Crippen LogP contribution in [0.3, 0.4) is 0 Å². The van der Waals surface area contributed by atoms with Crippen LogP contribution < -0.4 is 10.6 Å². The topological polar surface area (TPSA) is 62.7 Å². The summed E-state index contributed by atoms with van der Waals surface area (Å²) in [7, 11) is 0. The molecule has 20 heavy (non-hydrogen) atoms. The number of benzene rings is 1. The fraction of sp³-hybridized carbons (Fsp3) is 0.308. The molecule has 0 spiro atoms. The maximum absolute atomic E-state index is 6.12. The average Bonchev–Trinajstić information content (AvgIpc) is 2.33. The summed E-state index contributed by atoms with van der Waals surface area (Å²) in [6.45, 7) is 6.05. The van der Waals surface area contributed by atoms with E-state index in [2.05, 4.69) is 25.8 Å². The molecular weight excluding hydrogens is 297 g/mol. The van der Waals surface area contributed by atoms with Crippen molar-refractivity contribution in [2.45, 2.75) is 26.3 Å². The molecule has 106 valence electrons. The molecule has 0 saturated heterocycles. The van der Waals surface area contributed by atoms with Crippen molar-refractivity contribution in [1.82, 2.24) is 15.2 Å². The highest BCUT2D eigenvalue weighted by Gasteiger charge is 2.12. The van der Waals surface area contributed by atoms with Crippen molar-refractivity contribution in [3.63, 3.8) is 0 Å². The minimum atomic E-state index is -0.145. The highest BCUT2D eigenvalue weighted by molar-refractivity contribution is 6.43. The summed E-state index contributed by atoms with van der Waals surface area (Å²) in [5.41, 5.74) is 0.523. The van der Waals surface area contributed by atoms with E-state index in [4.69, 9.17) is 23.2 Å². The Labute approximate surface area is 127 Å². The van der Waals surface area contributed by atoms with Gasteiger partial charge in [-0.1, -0.05) is 29.3 Å². The van der Waals surface area contributed by atoms with Crippen LogP contribution in [0, 0.1) is 0 Å². The van der Waals surface area contributed by atoms with E-state index in [9.17, 15) is 0 Å². The van der Waals surface area contributed by atoms with Crippen LogP contribution in [0.1, 0.15) is 20.8 Å². The minimum Gasteiger partial charge on any atom is -0.348 e. The summed E-state index contributed by atoms with van der Waals surface area (Å²) in [5, 5.41) is 15.0. The Bertz CT molecular complexity index is 610. The van der Waals surface area contributed by atoms with Gasteiger partial charge in [0.2, 0.25) is 5.95 Å². The molecule has 0 aliphatic carbocycles. The summed E-state index contributed by atoms with van der Waals surface area (Å²) < 4.78 is 0. The van der Waals surface area contributed by atoms with Crippen LogP contribution in [0.2, 0.25) is 10.0 Å². The number of hydrogen-bond donors (Lipinski definition) is 2. The van der Waals surface area contributed by atoms with Crippen molar-refractivity contribution in [1.29, 1.82) is 0 Å². The molecule has 7 heteroatoms. The van der Waals surface area contributed by atoms with Crippen LogP contribution in [0.15, 0.2) is 24.4 Å². The van der Waals surface area contributed by atoms with Gasteiger partial charge in [0.25, 0.3) is 0 Å². The monoisotopic (exact) mass is 311 g/mol. The van der Waals surface area contributed by atoms with Gasteiger partial charge in [-0.15, -0.1) is 5.10 Å². The standard InChI is InChI=1S/C13H15Cl2N5/c1-13(2,3)19-12-18-10(7-16-20-12)17-9-6-4-5-8(14)11(9)15/h4-7H,1-3H3,(H2,17,18,19,20). The first-order valence-corrected chi connectivity index (χ1v) is 6.80. The Morgan fingerprint density at radius 3 is 2.60 bits per heavy atom. The average molecular weight is 312 g/mol. The van der Waals surface area contributed by atoms with E-state index >= 15 is 0 Å². The van der Waals surface area contributed by atoms with Crippen molar-refractivity contribution >= 4 is 40.7 Å². The van der Waals surface area contributed by atoms with Gasteiger partial charge in [-0.05, 0) is 32.9 Å². The van der Waals surface area contributed by atoms with E-state index in [1.807, 2.05) is 26.8 Å². The van der Waals surface area contributed by atoms with E-state index in [1.54, 1.807) is 12.1 Å². The van der Waals surface area contributed by atoms with Crippen LogP contribution in [0.25, 0.3) is 0 Å². The molecule has 0 aliphatic rings. The molecule has 2 N–H and O–H groups in total. The molecule has 0 atom stereocenters. The molecule has 0 unspecified atom stereocenters. The first-order valence-electron chi connectivity index (χ1n) is 6.04. The van der Waals surface area contributed by atoms with Crippen molar-refractivity contribution in [2.24, 2.45) is 0 Å². The SMILES string of the molecule is CC(C)(C)Nc1nncc(Nc2cccc(Cl)c2Cl)n1. The van der Waals surface area contributed by atoms with Crippen LogP contribution in [0.5, 0.6) is 0 Å². The van der Waals surface area contributed by atoms with E-state index in [1.165, 1.54) is 6.20 Å². The third kappa shape index (κ3) is 3.95. The van der Waals surface area contributed by atoms with Crippen molar-refractivity contribution < 1.29 is 0 Å². The summed E-state index contributed by atoms with van der Waals surface area (Å²) >= 11 is 12.1. The Morgan fingerprint density at radius 1 is 1.15 bits per heavy atom. The second-order valence-corrected chi connectivity index (χ2v) is 6.05. The molecule has 0 fully saturated rings. The molecule has 1 aromatic carbocycles. The fourth-order valence-electron chi connectivity index (χ4n) is 1.49. The predicted octanol–water partition coefficient (Wildman–Crippen LogP) is 4.13. The maximum atomic E-state index is 6.12. The smallest absolute Gasteiger partial charge is 0.245 e. The normalized spacial score (nSPS) is 11.2. The molecule has 0 amide bonds. The van der Waals surface area contributed by atoms with Gasteiger partial charge >= 0.3 is 0 Å². The molecule has 2 aromatic rings. The number of rotatable bonds is 3. The van der Waals surface area contributed by atoms with Crippen molar-refractivity contribution in [3.8, 4) is 0 Å². The van der Waals surface area contributed by atoms with Gasteiger partial charge in [-0.3, -0.25) is 0 Å². The Balaban J connectivity index is 2.22. The lowest BCUT2D eigenvalue weighted by Gasteiger charge is -2.20. The quantitative estimate of drug-likeness (QED) is 0.892. The Hall–Kier alpha value is -1.59. The Kier molecular flexibility index (Phi) is 4.30. The summed E-state index contributed by atoms with van der Waals surface area (Å²) in [4.78, 5) is 4.33. The minimum absolute atomic E-state index is 0.145. The number of nitrogens with zero attached hydrogens (tertiary/aromatic N) is 3. The van der Waals surface area contributed by atoms with Gasteiger partial charge in [0.1, 0.15) is 0 Å². The van der Waals surface area contributed by atoms with Gasteiger partial charge in [0, 0.05) is 5.54 Å². The summed E-state index contributed by atoms with van der Waals surface area (Å²) in [6.07, 6.45) is 1.52. The van der Waals surface area contributed by atoms with E-state index < -0.39 is 0 Å². The molecule has 2 rings (SSSR count). The van der Waals surface area contributed by atoms with Crippen LogP contribution in [-0.2, 0) is 0 Å². The number of nitrogens with one attached hydrogen (secondary N) is 2. The second-order valence-electron chi connectivity index (χ2n) is 5.27. The maximum Gasteiger partial charge on any atom is 0.245 e. The number of hydrogen-bond acceptors (Lipinski definition) is 5. The second kappa shape index (κ2) is 5.81. The predicted molar refractivity (Wildman–Crippen MR) is 82.9 cm³/mol. The van der Waals surface area contributed by atoms with Crippen LogP contribution in [-0.4, -0.2) is 20.7 Å². The zero-order valence-corrected chi connectivity index (χ0v) is 12.9. The first-order chi connectivity index (χ1) is 9.35. The fourth-order valence-corrected chi connectivity index (χ4v) is 1.84. The zero-order chi connectivity index (χ0) is 14.8. The molecule has 1 aromatic heterocycles. The van der Waals surface area contributed by atoms with E-state index in [0.29, 0.717) is 27.5 Å². The van der Waals surface area contributed by atoms with Gasteiger partial charge in [0.05, 0.1) is 21.9 Å². The molecule has 1 heterocycles. The van der Waals surface area contributed by atoms with Gasteiger partial charge in [-0.25, -0.2) is 0 Å². The van der Waals surface area contributed by atoms with Gasteiger partial charge in [0.15, 0.2) is 5.82 Å². The van der Waals surface area contributed by atoms with E-state index in [0.717, 1.165) is 0 Å². The lowest BCUT2D eigenvalue weighted by molar-refractivity contribution is 0.623. The van der Waals surface area contributed by atoms with E-state index in [-0.39, 0.29) is 5.54 Å². The molecule has 0 bridgehead atoms. The largest absolute Gasteiger partial charge is 0.348 e. The molecule has 5 nitrogen and oxygen atoms in total. The summed E-state index contributed by atoms with van der Waals surface area (Å²) in [6, 6.07) is 5.34. The number of halogens is 2. The van der Waals surface area contributed by atoms with Crippen LogP contribution >= 0.6 is 23.2 Å². The summed E-state index contributed by atoms with van der Waals surface area (Å²) in [5.74, 6) is 0.983.